The number of guanidine groups is 1. The topological polar surface area (TPSA) is 81.3 Å². The summed E-state index contributed by atoms with van der Waals surface area (Å²) in [7, 11) is 1.66. The van der Waals surface area contributed by atoms with E-state index in [1.807, 2.05) is 0 Å². The van der Waals surface area contributed by atoms with Crippen LogP contribution in [0, 0.1) is 0 Å². The summed E-state index contributed by atoms with van der Waals surface area (Å²) in [6, 6.07) is 0. The molecule has 0 aromatic heterocycles. The summed E-state index contributed by atoms with van der Waals surface area (Å²) in [5, 5.41) is 3.03. The third-order valence-electron chi connectivity index (χ3n) is 3.00. The molecule has 0 amide bonds. The van der Waals surface area contributed by atoms with Gasteiger partial charge in [-0.3, -0.25) is 9.89 Å². The normalized spacial score (nSPS) is 17.4. The number of ether oxygens (including phenoxy) is 3. The number of morpholine rings is 1. The van der Waals surface area contributed by atoms with Gasteiger partial charge < -0.3 is 25.3 Å². The SMILES string of the molecule is COCCOCCNC(N)=NCCCN1CCOCC1. The number of aliphatic imine (C=N–C) groups is 1. The highest BCUT2D eigenvalue weighted by Gasteiger charge is 2.08. The Balaban J connectivity index is 1.92. The van der Waals surface area contributed by atoms with Gasteiger partial charge in [-0.25, -0.2) is 0 Å². The van der Waals surface area contributed by atoms with Gasteiger partial charge in [0.25, 0.3) is 0 Å². The fourth-order valence-corrected chi connectivity index (χ4v) is 1.87. The molecule has 1 heterocycles. The number of methoxy groups -OCH3 is 1. The average Bonchev–Trinajstić information content (AvgIpc) is 2.48. The van der Waals surface area contributed by atoms with Gasteiger partial charge in [0.2, 0.25) is 0 Å². The molecule has 0 bridgehead atoms. The summed E-state index contributed by atoms with van der Waals surface area (Å²) in [4.78, 5) is 6.68. The molecule has 1 rings (SSSR count). The average molecular weight is 288 g/mol. The smallest absolute Gasteiger partial charge is 0.188 e. The lowest BCUT2D eigenvalue weighted by Crippen LogP contribution is -2.37. The second-order valence-electron chi connectivity index (χ2n) is 4.61. The van der Waals surface area contributed by atoms with Crippen LogP contribution >= 0.6 is 0 Å². The van der Waals surface area contributed by atoms with Gasteiger partial charge in [-0.15, -0.1) is 0 Å². The molecular weight excluding hydrogens is 260 g/mol. The lowest BCUT2D eigenvalue weighted by Gasteiger charge is -2.26. The number of nitrogens with one attached hydrogen (secondary N) is 1. The lowest BCUT2D eigenvalue weighted by atomic mass is 10.3. The van der Waals surface area contributed by atoms with Crippen LogP contribution in [-0.2, 0) is 14.2 Å². The van der Waals surface area contributed by atoms with Crippen LogP contribution in [0.5, 0.6) is 0 Å². The summed E-state index contributed by atoms with van der Waals surface area (Å²) in [5.41, 5.74) is 5.76. The van der Waals surface area contributed by atoms with E-state index >= 15 is 0 Å². The first-order valence-corrected chi connectivity index (χ1v) is 7.23. The Morgan fingerprint density at radius 1 is 1.30 bits per heavy atom. The zero-order chi connectivity index (χ0) is 14.5. The van der Waals surface area contributed by atoms with E-state index in [-0.39, 0.29) is 0 Å². The molecule has 0 aromatic carbocycles. The molecule has 0 saturated carbocycles. The van der Waals surface area contributed by atoms with Gasteiger partial charge in [0, 0.05) is 39.8 Å². The van der Waals surface area contributed by atoms with E-state index in [1.54, 1.807) is 7.11 Å². The summed E-state index contributed by atoms with van der Waals surface area (Å²) < 4.78 is 15.5. The Morgan fingerprint density at radius 3 is 2.85 bits per heavy atom. The van der Waals surface area contributed by atoms with Crippen molar-refractivity contribution in [2.45, 2.75) is 6.42 Å². The molecule has 1 aliphatic rings. The van der Waals surface area contributed by atoms with Crippen molar-refractivity contribution in [3.05, 3.63) is 0 Å². The minimum absolute atomic E-state index is 0.488. The van der Waals surface area contributed by atoms with Crippen LogP contribution in [0.15, 0.2) is 4.99 Å². The van der Waals surface area contributed by atoms with Gasteiger partial charge in [-0.2, -0.15) is 0 Å². The lowest BCUT2D eigenvalue weighted by molar-refractivity contribution is 0.0377. The Morgan fingerprint density at radius 2 is 2.10 bits per heavy atom. The molecule has 7 heteroatoms. The Bertz CT molecular complexity index is 258. The van der Waals surface area contributed by atoms with Gasteiger partial charge in [-0.05, 0) is 6.42 Å². The van der Waals surface area contributed by atoms with Crippen molar-refractivity contribution in [3.8, 4) is 0 Å². The van der Waals surface area contributed by atoms with Crippen LogP contribution in [0.4, 0.5) is 0 Å². The van der Waals surface area contributed by atoms with Crippen LogP contribution < -0.4 is 11.1 Å². The zero-order valence-corrected chi connectivity index (χ0v) is 12.5. The van der Waals surface area contributed by atoms with Crippen molar-refractivity contribution in [2.75, 3.05) is 72.9 Å². The highest BCUT2D eigenvalue weighted by atomic mass is 16.5. The van der Waals surface area contributed by atoms with Crippen LogP contribution in [-0.4, -0.2) is 83.7 Å². The zero-order valence-electron chi connectivity index (χ0n) is 12.5. The summed E-state index contributed by atoms with van der Waals surface area (Å²) >= 11 is 0. The number of hydrogen-bond donors (Lipinski definition) is 2. The van der Waals surface area contributed by atoms with Gasteiger partial charge in [0.05, 0.1) is 33.0 Å². The molecule has 1 fully saturated rings. The number of hydrogen-bond acceptors (Lipinski definition) is 5. The van der Waals surface area contributed by atoms with Crippen molar-refractivity contribution in [3.63, 3.8) is 0 Å². The van der Waals surface area contributed by atoms with Crippen LogP contribution in [0.25, 0.3) is 0 Å². The molecule has 3 N–H and O–H groups in total. The second-order valence-corrected chi connectivity index (χ2v) is 4.61. The monoisotopic (exact) mass is 288 g/mol. The maximum atomic E-state index is 5.76. The third kappa shape index (κ3) is 9.08. The van der Waals surface area contributed by atoms with Gasteiger partial charge in [-0.1, -0.05) is 0 Å². The fraction of sp³-hybridized carbons (Fsp3) is 0.923. The summed E-state index contributed by atoms with van der Waals surface area (Å²) in [5.74, 6) is 0.488. The molecule has 118 valence electrons. The predicted octanol–water partition coefficient (Wildman–Crippen LogP) is -0.724. The molecule has 20 heavy (non-hydrogen) atoms. The minimum Gasteiger partial charge on any atom is -0.382 e. The molecule has 0 unspecified atom stereocenters. The van der Waals surface area contributed by atoms with E-state index in [4.69, 9.17) is 19.9 Å². The molecule has 0 spiro atoms. The van der Waals surface area contributed by atoms with Gasteiger partial charge >= 0.3 is 0 Å². The van der Waals surface area contributed by atoms with Gasteiger partial charge in [0.15, 0.2) is 5.96 Å². The van der Waals surface area contributed by atoms with Crippen molar-refractivity contribution < 1.29 is 14.2 Å². The standard InChI is InChI=1S/C13H28N4O3/c1-18-11-12-19-8-4-16-13(14)15-3-2-5-17-6-9-20-10-7-17/h2-12H2,1H3,(H3,14,15,16). The summed E-state index contributed by atoms with van der Waals surface area (Å²) in [6.45, 7) is 8.04. The van der Waals surface area contributed by atoms with Gasteiger partial charge in [0.1, 0.15) is 0 Å². The van der Waals surface area contributed by atoms with E-state index < -0.39 is 0 Å². The van der Waals surface area contributed by atoms with Crippen molar-refractivity contribution in [1.82, 2.24) is 10.2 Å². The van der Waals surface area contributed by atoms with E-state index in [1.165, 1.54) is 0 Å². The highest BCUT2D eigenvalue weighted by Crippen LogP contribution is 1.97. The van der Waals surface area contributed by atoms with E-state index in [9.17, 15) is 0 Å². The molecule has 0 aliphatic carbocycles. The molecule has 1 saturated heterocycles. The van der Waals surface area contributed by atoms with Crippen molar-refractivity contribution >= 4 is 5.96 Å². The maximum absolute atomic E-state index is 5.76. The molecule has 1 aliphatic heterocycles. The molecule has 7 nitrogen and oxygen atoms in total. The number of nitrogens with zero attached hydrogens (tertiary/aromatic N) is 2. The fourth-order valence-electron chi connectivity index (χ4n) is 1.87. The first-order chi connectivity index (χ1) is 9.83. The van der Waals surface area contributed by atoms with Crippen molar-refractivity contribution in [1.29, 1.82) is 0 Å². The number of rotatable bonds is 10. The number of nitrogens with two attached hydrogens (primary N) is 1. The predicted molar refractivity (Wildman–Crippen MR) is 79.1 cm³/mol. The first kappa shape index (κ1) is 17.2. The Labute approximate surface area is 121 Å². The molecule has 0 atom stereocenters. The highest BCUT2D eigenvalue weighted by molar-refractivity contribution is 5.77. The maximum Gasteiger partial charge on any atom is 0.188 e. The van der Waals surface area contributed by atoms with Crippen LogP contribution in [0.3, 0.4) is 0 Å². The quantitative estimate of drug-likeness (QED) is 0.313. The summed E-state index contributed by atoms with van der Waals surface area (Å²) in [6.07, 6.45) is 1.02. The first-order valence-electron chi connectivity index (χ1n) is 7.23. The largest absolute Gasteiger partial charge is 0.382 e. The van der Waals surface area contributed by atoms with E-state index in [2.05, 4.69) is 15.2 Å². The van der Waals surface area contributed by atoms with Crippen LogP contribution in [0.2, 0.25) is 0 Å². The molecule has 0 radical (unpaired) electrons. The Kier molecular flexibility index (Phi) is 10.2. The molecule has 0 aromatic rings. The van der Waals surface area contributed by atoms with E-state index in [0.717, 1.165) is 45.8 Å². The third-order valence-corrected chi connectivity index (χ3v) is 3.00. The van der Waals surface area contributed by atoms with Crippen LogP contribution in [0.1, 0.15) is 6.42 Å². The Hall–Kier alpha value is -0.890. The molecular formula is C13H28N4O3. The van der Waals surface area contributed by atoms with E-state index in [0.29, 0.717) is 32.3 Å². The van der Waals surface area contributed by atoms with Crippen molar-refractivity contribution in [2.24, 2.45) is 10.7 Å². The second kappa shape index (κ2) is 11.9. The minimum atomic E-state index is 0.488.